The first kappa shape index (κ1) is 14.8. The van der Waals surface area contributed by atoms with E-state index in [1.807, 2.05) is 0 Å². The molecular formula is C14H11N5O. The van der Waals surface area contributed by atoms with Crippen molar-refractivity contribution in [3.63, 3.8) is 0 Å². The Morgan fingerprint density at radius 2 is 1.85 bits per heavy atom. The molecule has 1 N–H and O–H groups in total. The third-order valence-electron chi connectivity index (χ3n) is 2.56. The molecule has 0 aliphatic rings. The first-order valence-electron chi connectivity index (χ1n) is 5.59. The molecule has 0 atom stereocenters. The van der Waals surface area contributed by atoms with E-state index < -0.39 is 0 Å². The Morgan fingerprint density at radius 1 is 1.20 bits per heavy atom. The van der Waals surface area contributed by atoms with Gasteiger partial charge >= 0.3 is 0 Å². The van der Waals surface area contributed by atoms with Crippen LogP contribution in [0.1, 0.15) is 6.92 Å². The molecular weight excluding hydrogens is 254 g/mol. The lowest BCUT2D eigenvalue weighted by molar-refractivity contribution is -0.116. The van der Waals surface area contributed by atoms with Gasteiger partial charge in [-0.25, -0.2) is 0 Å². The molecule has 6 heteroatoms. The zero-order valence-corrected chi connectivity index (χ0v) is 11.0. The second kappa shape index (κ2) is 6.58. The second-order valence-corrected chi connectivity index (χ2v) is 3.84. The van der Waals surface area contributed by atoms with Crippen LogP contribution in [-0.2, 0) is 4.79 Å². The van der Waals surface area contributed by atoms with Gasteiger partial charge in [-0.1, -0.05) is 6.07 Å². The van der Waals surface area contributed by atoms with Crippen LogP contribution in [-0.4, -0.2) is 13.0 Å². The summed E-state index contributed by atoms with van der Waals surface area (Å²) >= 11 is 0. The van der Waals surface area contributed by atoms with Crippen molar-refractivity contribution in [3.05, 3.63) is 35.5 Å². The lowest BCUT2D eigenvalue weighted by atomic mass is 10.2. The summed E-state index contributed by atoms with van der Waals surface area (Å²) in [6.45, 7) is 1.43. The smallest absolute Gasteiger partial charge is 0.223 e. The Morgan fingerprint density at radius 3 is 2.35 bits per heavy atom. The van der Waals surface area contributed by atoms with Gasteiger partial charge in [-0.3, -0.25) is 4.79 Å². The quantitative estimate of drug-likeness (QED) is 0.840. The molecule has 0 saturated carbocycles. The summed E-state index contributed by atoms with van der Waals surface area (Å²) in [5, 5.41) is 29.1. The number of allylic oxidation sites excluding steroid dienone is 2. The van der Waals surface area contributed by atoms with Crippen molar-refractivity contribution in [2.24, 2.45) is 0 Å². The van der Waals surface area contributed by atoms with Crippen molar-refractivity contribution in [2.45, 2.75) is 6.92 Å². The van der Waals surface area contributed by atoms with Crippen LogP contribution in [0.15, 0.2) is 35.5 Å². The number of carbonyl (C=O) groups is 1. The zero-order chi connectivity index (χ0) is 15.1. The number of benzene rings is 1. The molecule has 0 unspecified atom stereocenters. The number of amides is 1. The van der Waals surface area contributed by atoms with Crippen molar-refractivity contribution in [1.29, 1.82) is 15.8 Å². The number of carbonyl (C=O) groups excluding carboxylic acids is 1. The standard InChI is InChI=1S/C14H11N5O/c1-10(20)19(2)13-5-3-4-12(6-13)18-14(9-17)11(7-15)8-16/h3-6,18H,1-2H3. The van der Waals surface area contributed by atoms with Gasteiger partial charge in [0.05, 0.1) is 0 Å². The van der Waals surface area contributed by atoms with Crippen LogP contribution >= 0.6 is 0 Å². The molecule has 0 spiro atoms. The summed E-state index contributed by atoms with van der Waals surface area (Å²) in [5.74, 6) is -0.132. The first-order chi connectivity index (χ1) is 9.53. The molecule has 0 aliphatic heterocycles. The number of hydrogen-bond acceptors (Lipinski definition) is 5. The molecule has 98 valence electrons. The van der Waals surface area contributed by atoms with Gasteiger partial charge in [0.1, 0.15) is 23.9 Å². The van der Waals surface area contributed by atoms with Gasteiger partial charge in [-0.15, -0.1) is 0 Å². The number of anilines is 2. The highest BCUT2D eigenvalue weighted by Crippen LogP contribution is 2.20. The maximum Gasteiger partial charge on any atom is 0.223 e. The number of nitrogens with zero attached hydrogens (tertiary/aromatic N) is 4. The van der Waals surface area contributed by atoms with Crippen molar-refractivity contribution in [3.8, 4) is 18.2 Å². The summed E-state index contributed by atoms with van der Waals surface area (Å²) in [5.41, 5.74) is 0.723. The molecule has 6 nitrogen and oxygen atoms in total. The lowest BCUT2D eigenvalue weighted by Crippen LogP contribution is -2.22. The number of rotatable bonds is 3. The van der Waals surface area contributed by atoms with Gasteiger partial charge in [-0.2, -0.15) is 15.8 Å². The average Bonchev–Trinajstić information content (AvgIpc) is 2.46. The van der Waals surface area contributed by atoms with Gasteiger partial charge in [0.15, 0.2) is 5.57 Å². The predicted octanol–water partition coefficient (Wildman–Crippen LogP) is 1.91. The number of hydrogen-bond donors (Lipinski definition) is 1. The monoisotopic (exact) mass is 265 g/mol. The normalized spacial score (nSPS) is 8.55. The zero-order valence-electron chi connectivity index (χ0n) is 11.0. The second-order valence-electron chi connectivity index (χ2n) is 3.84. The van der Waals surface area contributed by atoms with E-state index in [0.717, 1.165) is 0 Å². The fourth-order valence-corrected chi connectivity index (χ4v) is 1.40. The third kappa shape index (κ3) is 3.35. The summed E-state index contributed by atoms with van der Waals surface area (Å²) in [4.78, 5) is 12.7. The van der Waals surface area contributed by atoms with Crippen molar-refractivity contribution in [1.82, 2.24) is 0 Å². The van der Waals surface area contributed by atoms with E-state index in [0.29, 0.717) is 11.4 Å². The van der Waals surface area contributed by atoms with Crippen LogP contribution in [0.4, 0.5) is 11.4 Å². The minimum atomic E-state index is -0.294. The molecule has 1 rings (SSSR count). The Labute approximate surface area is 116 Å². The van der Waals surface area contributed by atoms with E-state index in [1.165, 1.54) is 11.8 Å². The third-order valence-corrected chi connectivity index (χ3v) is 2.56. The predicted molar refractivity (Wildman–Crippen MR) is 73.0 cm³/mol. The molecule has 0 aromatic heterocycles. The van der Waals surface area contributed by atoms with Gasteiger partial charge in [0.25, 0.3) is 0 Å². The van der Waals surface area contributed by atoms with Gasteiger partial charge < -0.3 is 10.2 Å². The fraction of sp³-hybridized carbons (Fsp3) is 0.143. The van der Waals surface area contributed by atoms with Crippen LogP contribution in [0.5, 0.6) is 0 Å². The minimum Gasteiger partial charge on any atom is -0.345 e. The van der Waals surface area contributed by atoms with Crippen LogP contribution in [0.2, 0.25) is 0 Å². The number of nitriles is 3. The first-order valence-corrected chi connectivity index (χ1v) is 5.59. The van der Waals surface area contributed by atoms with Crippen LogP contribution < -0.4 is 10.2 Å². The molecule has 1 amide bonds. The summed E-state index contributed by atoms with van der Waals surface area (Å²) in [6.07, 6.45) is 0. The van der Waals surface area contributed by atoms with E-state index in [4.69, 9.17) is 15.8 Å². The van der Waals surface area contributed by atoms with Gasteiger partial charge in [-0.05, 0) is 18.2 Å². The topological polar surface area (TPSA) is 104 Å². The van der Waals surface area contributed by atoms with E-state index >= 15 is 0 Å². The molecule has 0 heterocycles. The molecule has 0 saturated heterocycles. The van der Waals surface area contributed by atoms with E-state index in [2.05, 4.69) is 5.32 Å². The molecule has 0 bridgehead atoms. The highest BCUT2D eigenvalue weighted by atomic mass is 16.2. The molecule has 0 fully saturated rings. The molecule has 1 aromatic rings. The van der Waals surface area contributed by atoms with Crippen LogP contribution in [0.3, 0.4) is 0 Å². The van der Waals surface area contributed by atoms with Crippen molar-refractivity contribution in [2.75, 3.05) is 17.3 Å². The van der Waals surface area contributed by atoms with E-state index in [1.54, 1.807) is 49.5 Å². The fourth-order valence-electron chi connectivity index (χ4n) is 1.40. The van der Waals surface area contributed by atoms with Gasteiger partial charge in [0, 0.05) is 25.3 Å². The van der Waals surface area contributed by atoms with Gasteiger partial charge in [0.2, 0.25) is 5.91 Å². The van der Waals surface area contributed by atoms with Crippen LogP contribution in [0, 0.1) is 34.0 Å². The summed E-state index contributed by atoms with van der Waals surface area (Å²) in [7, 11) is 1.62. The number of nitrogens with one attached hydrogen (secondary N) is 1. The average molecular weight is 265 g/mol. The molecule has 0 radical (unpaired) electrons. The van der Waals surface area contributed by atoms with E-state index in [9.17, 15) is 4.79 Å². The van der Waals surface area contributed by atoms with Crippen molar-refractivity contribution < 1.29 is 4.79 Å². The SMILES string of the molecule is CC(=O)N(C)c1cccc(NC(C#N)=C(C#N)C#N)c1. The molecule has 0 aliphatic carbocycles. The lowest BCUT2D eigenvalue weighted by Gasteiger charge is -2.16. The molecule has 1 aromatic carbocycles. The Bertz CT molecular complexity index is 669. The maximum atomic E-state index is 11.3. The highest BCUT2D eigenvalue weighted by molar-refractivity contribution is 5.91. The Balaban J connectivity index is 3.13. The summed E-state index contributed by atoms with van der Waals surface area (Å²) in [6, 6.07) is 11.8. The molecule has 20 heavy (non-hydrogen) atoms. The highest BCUT2D eigenvalue weighted by Gasteiger charge is 2.09. The van der Waals surface area contributed by atoms with E-state index in [-0.39, 0.29) is 17.2 Å². The summed E-state index contributed by atoms with van der Waals surface area (Å²) < 4.78 is 0. The van der Waals surface area contributed by atoms with Crippen molar-refractivity contribution >= 4 is 17.3 Å². The Kier molecular flexibility index (Phi) is 4.86. The minimum absolute atomic E-state index is 0.127. The Hall–Kier alpha value is -3.30. The van der Waals surface area contributed by atoms with Crippen LogP contribution in [0.25, 0.3) is 0 Å². The maximum absolute atomic E-state index is 11.3. The largest absolute Gasteiger partial charge is 0.345 e.